The second kappa shape index (κ2) is 6.91. The number of benzene rings is 1. The molecule has 2 amide bonds. The van der Waals surface area contributed by atoms with Gasteiger partial charge in [-0.25, -0.2) is 0 Å². The van der Waals surface area contributed by atoms with E-state index in [-0.39, 0.29) is 18.4 Å². The minimum atomic E-state index is -0.415. The molecule has 130 valence electrons. The second-order valence-corrected chi connectivity index (χ2v) is 6.67. The van der Waals surface area contributed by atoms with Crippen molar-refractivity contribution in [3.63, 3.8) is 0 Å². The fourth-order valence-corrected chi connectivity index (χ4v) is 3.39. The van der Waals surface area contributed by atoms with Crippen LogP contribution >= 0.6 is 0 Å². The van der Waals surface area contributed by atoms with Gasteiger partial charge in [0.05, 0.1) is 25.2 Å². The van der Waals surface area contributed by atoms with Crippen molar-refractivity contribution < 1.29 is 19.1 Å². The quantitative estimate of drug-likeness (QED) is 0.771. The van der Waals surface area contributed by atoms with Gasteiger partial charge >= 0.3 is 0 Å². The van der Waals surface area contributed by atoms with Gasteiger partial charge in [0, 0.05) is 26.7 Å². The number of β-lactam (4-membered cyclic amide) rings is 1. The highest BCUT2D eigenvalue weighted by atomic mass is 16.5. The molecule has 3 rings (SSSR count). The first-order valence-electron chi connectivity index (χ1n) is 8.24. The predicted octanol–water partition coefficient (Wildman–Crippen LogP) is 0.971. The van der Waals surface area contributed by atoms with Gasteiger partial charge in [0.1, 0.15) is 6.61 Å². The lowest BCUT2D eigenvalue weighted by Crippen LogP contribution is -2.69. The van der Waals surface area contributed by atoms with E-state index in [9.17, 15) is 9.59 Å². The molecule has 0 aromatic heterocycles. The molecule has 24 heavy (non-hydrogen) atoms. The summed E-state index contributed by atoms with van der Waals surface area (Å²) in [6, 6.07) is 8.18. The lowest BCUT2D eigenvalue weighted by molar-refractivity contribution is -0.166. The van der Waals surface area contributed by atoms with E-state index in [0.29, 0.717) is 39.3 Å². The number of hydrogen-bond acceptors (Lipinski definition) is 4. The third kappa shape index (κ3) is 3.30. The average molecular weight is 332 g/mol. The number of aryl methyl sites for hydroxylation is 1. The highest BCUT2D eigenvalue weighted by Crippen LogP contribution is 2.36. The van der Waals surface area contributed by atoms with E-state index in [4.69, 9.17) is 9.47 Å². The molecule has 1 aromatic rings. The minimum Gasteiger partial charge on any atom is -0.377 e. The molecular formula is C18H24N2O4. The zero-order valence-electron chi connectivity index (χ0n) is 14.3. The van der Waals surface area contributed by atoms with Gasteiger partial charge in [-0.15, -0.1) is 0 Å². The van der Waals surface area contributed by atoms with E-state index in [2.05, 4.69) is 0 Å². The van der Waals surface area contributed by atoms with Crippen molar-refractivity contribution in [2.75, 3.05) is 40.0 Å². The number of likely N-dealkylation sites (tertiary alicyclic amines) is 1. The summed E-state index contributed by atoms with van der Waals surface area (Å²) in [5.41, 5.74) is 1.87. The SMILES string of the molecule is COCC(=O)N1CCOC[C@@]2(CC(=O)N2Cc2ccc(C)cc2)C1. The molecule has 0 N–H and O–H groups in total. The third-order valence-electron chi connectivity index (χ3n) is 4.80. The third-order valence-corrected chi connectivity index (χ3v) is 4.80. The summed E-state index contributed by atoms with van der Waals surface area (Å²) in [5.74, 6) is 0.0530. The van der Waals surface area contributed by atoms with Gasteiger partial charge < -0.3 is 19.3 Å². The van der Waals surface area contributed by atoms with Crippen LogP contribution in [0.4, 0.5) is 0 Å². The second-order valence-electron chi connectivity index (χ2n) is 6.67. The van der Waals surface area contributed by atoms with Crippen molar-refractivity contribution in [3.8, 4) is 0 Å². The van der Waals surface area contributed by atoms with Gasteiger partial charge in [-0.1, -0.05) is 29.8 Å². The molecule has 6 nitrogen and oxygen atoms in total. The fourth-order valence-electron chi connectivity index (χ4n) is 3.39. The Kier molecular flexibility index (Phi) is 4.87. The summed E-state index contributed by atoms with van der Waals surface area (Å²) in [5, 5.41) is 0. The maximum absolute atomic E-state index is 12.2. The van der Waals surface area contributed by atoms with Crippen molar-refractivity contribution in [1.82, 2.24) is 9.80 Å². The molecule has 0 saturated carbocycles. The van der Waals surface area contributed by atoms with Crippen LogP contribution in [0.15, 0.2) is 24.3 Å². The Morgan fingerprint density at radius 3 is 2.75 bits per heavy atom. The highest BCUT2D eigenvalue weighted by Gasteiger charge is 2.53. The maximum Gasteiger partial charge on any atom is 0.248 e. The van der Waals surface area contributed by atoms with E-state index in [1.165, 1.54) is 12.7 Å². The monoisotopic (exact) mass is 332 g/mol. The Labute approximate surface area is 142 Å². The lowest BCUT2D eigenvalue weighted by Gasteiger charge is -2.52. The molecule has 0 unspecified atom stereocenters. The van der Waals surface area contributed by atoms with Crippen LogP contribution in [0.5, 0.6) is 0 Å². The van der Waals surface area contributed by atoms with Crippen molar-refractivity contribution >= 4 is 11.8 Å². The zero-order valence-corrected chi connectivity index (χ0v) is 14.3. The first-order chi connectivity index (χ1) is 11.5. The summed E-state index contributed by atoms with van der Waals surface area (Å²) >= 11 is 0. The van der Waals surface area contributed by atoms with Crippen LogP contribution in [-0.4, -0.2) is 67.2 Å². The molecule has 0 bridgehead atoms. The summed E-state index contributed by atoms with van der Waals surface area (Å²) in [4.78, 5) is 28.0. The van der Waals surface area contributed by atoms with Crippen molar-refractivity contribution in [3.05, 3.63) is 35.4 Å². The van der Waals surface area contributed by atoms with Crippen LogP contribution < -0.4 is 0 Å². The van der Waals surface area contributed by atoms with E-state index < -0.39 is 5.54 Å². The smallest absolute Gasteiger partial charge is 0.248 e. The number of nitrogens with zero attached hydrogens (tertiary/aromatic N) is 2. The summed E-state index contributed by atoms with van der Waals surface area (Å²) in [7, 11) is 1.51. The van der Waals surface area contributed by atoms with Crippen LogP contribution in [0.2, 0.25) is 0 Å². The van der Waals surface area contributed by atoms with Gasteiger partial charge in [-0.2, -0.15) is 0 Å². The fraction of sp³-hybridized carbons (Fsp3) is 0.556. The van der Waals surface area contributed by atoms with Gasteiger partial charge in [-0.05, 0) is 12.5 Å². The molecule has 0 aliphatic carbocycles. The van der Waals surface area contributed by atoms with Crippen LogP contribution in [0.1, 0.15) is 17.5 Å². The molecule has 2 saturated heterocycles. The molecule has 6 heteroatoms. The van der Waals surface area contributed by atoms with Crippen molar-refractivity contribution in [1.29, 1.82) is 0 Å². The number of carbonyl (C=O) groups excluding carboxylic acids is 2. The van der Waals surface area contributed by atoms with E-state index in [0.717, 1.165) is 5.56 Å². The minimum absolute atomic E-state index is 0.0575. The molecule has 1 aromatic carbocycles. The topological polar surface area (TPSA) is 59.1 Å². The highest BCUT2D eigenvalue weighted by molar-refractivity contribution is 5.86. The molecule has 2 heterocycles. The number of ether oxygens (including phenoxy) is 2. The van der Waals surface area contributed by atoms with Crippen LogP contribution in [0.3, 0.4) is 0 Å². The van der Waals surface area contributed by atoms with E-state index in [1.807, 2.05) is 36.1 Å². The summed E-state index contributed by atoms with van der Waals surface area (Å²) in [6.07, 6.45) is 0.426. The summed E-state index contributed by atoms with van der Waals surface area (Å²) < 4.78 is 10.7. The lowest BCUT2D eigenvalue weighted by atomic mass is 9.83. The molecule has 2 aliphatic rings. The van der Waals surface area contributed by atoms with E-state index >= 15 is 0 Å². The van der Waals surface area contributed by atoms with Crippen LogP contribution in [0, 0.1) is 6.92 Å². The molecule has 2 aliphatic heterocycles. The maximum atomic E-state index is 12.2. The zero-order chi connectivity index (χ0) is 17.2. The Bertz CT molecular complexity index is 616. The molecule has 2 fully saturated rings. The summed E-state index contributed by atoms with van der Waals surface area (Å²) in [6.45, 7) is 4.66. The Balaban J connectivity index is 1.75. The van der Waals surface area contributed by atoms with Crippen LogP contribution in [0.25, 0.3) is 0 Å². The number of rotatable bonds is 4. The first-order valence-corrected chi connectivity index (χ1v) is 8.24. The number of amides is 2. The van der Waals surface area contributed by atoms with Crippen LogP contribution in [-0.2, 0) is 25.6 Å². The van der Waals surface area contributed by atoms with Crippen molar-refractivity contribution in [2.24, 2.45) is 0 Å². The molecule has 1 spiro atoms. The largest absolute Gasteiger partial charge is 0.377 e. The standard InChI is InChI=1S/C18H24N2O4/c1-14-3-5-15(6-4-14)10-20-16(21)9-18(20)12-19(7-8-24-13-18)17(22)11-23-2/h3-6H,7-13H2,1-2H3/t18-/m1/s1. The average Bonchev–Trinajstić information content (AvgIpc) is 2.79. The number of hydrogen-bond donors (Lipinski definition) is 0. The van der Waals surface area contributed by atoms with Crippen molar-refractivity contribution in [2.45, 2.75) is 25.4 Å². The van der Waals surface area contributed by atoms with Gasteiger partial charge in [-0.3, -0.25) is 9.59 Å². The normalized spacial score (nSPS) is 24.0. The Hall–Kier alpha value is -1.92. The number of carbonyl (C=O) groups is 2. The Morgan fingerprint density at radius 1 is 1.33 bits per heavy atom. The van der Waals surface area contributed by atoms with Gasteiger partial charge in [0.2, 0.25) is 11.8 Å². The number of methoxy groups -OCH3 is 1. The predicted molar refractivity (Wildman–Crippen MR) is 88.4 cm³/mol. The van der Waals surface area contributed by atoms with E-state index in [1.54, 1.807) is 4.90 Å². The van der Waals surface area contributed by atoms with Gasteiger partial charge in [0.25, 0.3) is 0 Å². The molecule has 0 radical (unpaired) electrons. The first kappa shape index (κ1) is 16.9. The van der Waals surface area contributed by atoms with Gasteiger partial charge in [0.15, 0.2) is 0 Å². The Morgan fingerprint density at radius 2 is 2.08 bits per heavy atom. The molecular weight excluding hydrogens is 308 g/mol. The molecule has 1 atom stereocenters.